The highest BCUT2D eigenvalue weighted by Gasteiger charge is 2.28. The molecule has 0 spiro atoms. The first-order valence-corrected chi connectivity index (χ1v) is 5.54. The van der Waals surface area contributed by atoms with Crippen molar-refractivity contribution in [1.82, 2.24) is 0 Å². The third-order valence-electron chi connectivity index (χ3n) is 2.37. The van der Waals surface area contributed by atoms with Gasteiger partial charge in [-0.25, -0.2) is 0 Å². The molecule has 0 aromatic carbocycles. The summed E-state index contributed by atoms with van der Waals surface area (Å²) in [6, 6.07) is 0. The van der Waals surface area contributed by atoms with Gasteiger partial charge in [0.15, 0.2) is 0 Å². The predicted molar refractivity (Wildman–Crippen MR) is 65.2 cm³/mol. The smallest absolute Gasteiger partial charge is 0.325 e. The third kappa shape index (κ3) is 6.40. The molecular weight excluding hydrogens is 206 g/mol. The van der Waals surface area contributed by atoms with E-state index in [1.54, 1.807) is 13.8 Å². The average molecular weight is 229 g/mol. The van der Waals surface area contributed by atoms with Crippen LogP contribution in [0.5, 0.6) is 0 Å². The third-order valence-corrected chi connectivity index (χ3v) is 2.37. The molecule has 5 nitrogen and oxygen atoms in total. The van der Waals surface area contributed by atoms with Crippen LogP contribution in [0.15, 0.2) is 4.99 Å². The number of methoxy groups -OCH3 is 1. The van der Waals surface area contributed by atoms with Crippen LogP contribution < -0.4 is 11.5 Å². The minimum atomic E-state index is -0.873. The predicted octanol–water partition coefficient (Wildman–Crippen LogP) is 0.814. The topological polar surface area (TPSA) is 90.7 Å². The lowest BCUT2D eigenvalue weighted by Gasteiger charge is -2.20. The lowest BCUT2D eigenvalue weighted by molar-refractivity contribution is -0.146. The van der Waals surface area contributed by atoms with E-state index in [1.807, 2.05) is 0 Å². The van der Waals surface area contributed by atoms with E-state index in [4.69, 9.17) is 11.5 Å². The fraction of sp³-hybridized carbons (Fsp3) is 0.818. The van der Waals surface area contributed by atoms with Crippen LogP contribution in [-0.4, -0.2) is 31.0 Å². The molecule has 0 heterocycles. The Morgan fingerprint density at radius 1 is 1.38 bits per heavy atom. The average Bonchev–Trinajstić information content (AvgIpc) is 2.21. The summed E-state index contributed by atoms with van der Waals surface area (Å²) in [6.07, 6.45) is 3.47. The number of esters is 1. The van der Waals surface area contributed by atoms with Gasteiger partial charge in [0.1, 0.15) is 5.54 Å². The Morgan fingerprint density at radius 2 is 2.00 bits per heavy atom. The lowest BCUT2D eigenvalue weighted by atomic mass is 9.96. The summed E-state index contributed by atoms with van der Waals surface area (Å²) in [5.41, 5.74) is 10.3. The van der Waals surface area contributed by atoms with Crippen molar-refractivity contribution in [3.05, 3.63) is 0 Å². The number of unbranched alkanes of at least 4 members (excludes halogenated alkanes) is 2. The number of amidine groups is 1. The summed E-state index contributed by atoms with van der Waals surface area (Å²) in [6.45, 7) is 4.21. The summed E-state index contributed by atoms with van der Waals surface area (Å²) in [7, 11) is 1.35. The zero-order valence-electron chi connectivity index (χ0n) is 10.5. The maximum Gasteiger partial charge on any atom is 0.325 e. The second-order valence-corrected chi connectivity index (χ2v) is 4.24. The first-order valence-electron chi connectivity index (χ1n) is 5.54. The van der Waals surface area contributed by atoms with Crippen molar-refractivity contribution in [2.75, 3.05) is 13.7 Å². The van der Waals surface area contributed by atoms with Gasteiger partial charge < -0.3 is 16.2 Å². The Labute approximate surface area is 97.2 Å². The molecule has 0 saturated carbocycles. The van der Waals surface area contributed by atoms with Crippen LogP contribution in [0.2, 0.25) is 0 Å². The van der Waals surface area contributed by atoms with Crippen molar-refractivity contribution in [2.24, 2.45) is 16.5 Å². The van der Waals surface area contributed by atoms with E-state index in [0.717, 1.165) is 25.8 Å². The van der Waals surface area contributed by atoms with Crippen molar-refractivity contribution >= 4 is 11.8 Å². The maximum absolute atomic E-state index is 11.3. The quantitative estimate of drug-likeness (QED) is 0.292. The largest absolute Gasteiger partial charge is 0.468 e. The molecule has 5 heteroatoms. The molecule has 94 valence electrons. The first-order chi connectivity index (χ1) is 7.40. The molecule has 0 fully saturated rings. The van der Waals surface area contributed by atoms with Gasteiger partial charge in [0.25, 0.3) is 0 Å². The van der Waals surface area contributed by atoms with Crippen LogP contribution >= 0.6 is 0 Å². The van der Waals surface area contributed by atoms with E-state index < -0.39 is 5.54 Å². The van der Waals surface area contributed by atoms with Gasteiger partial charge in [-0.15, -0.1) is 0 Å². The van der Waals surface area contributed by atoms with Crippen LogP contribution in [0.3, 0.4) is 0 Å². The number of carbonyl (C=O) groups excluding carboxylic acids is 1. The summed E-state index contributed by atoms with van der Waals surface area (Å²) in [5, 5.41) is 0. The number of nitrogens with zero attached hydrogens (tertiary/aromatic N) is 1. The minimum absolute atomic E-state index is 0.358. The van der Waals surface area contributed by atoms with Crippen LogP contribution in [0.25, 0.3) is 0 Å². The molecule has 0 bridgehead atoms. The number of hydrogen-bond acceptors (Lipinski definition) is 4. The van der Waals surface area contributed by atoms with Gasteiger partial charge in [-0.05, 0) is 26.7 Å². The van der Waals surface area contributed by atoms with E-state index in [1.165, 1.54) is 7.11 Å². The monoisotopic (exact) mass is 229 g/mol. The Hall–Kier alpha value is -1.10. The number of hydrogen-bond donors (Lipinski definition) is 2. The van der Waals surface area contributed by atoms with Gasteiger partial charge in [-0.3, -0.25) is 9.79 Å². The molecule has 1 atom stereocenters. The van der Waals surface area contributed by atoms with Crippen LogP contribution in [0.4, 0.5) is 0 Å². The molecule has 0 saturated heterocycles. The summed E-state index contributed by atoms with van der Waals surface area (Å²) < 4.78 is 4.62. The molecule has 4 N–H and O–H groups in total. The summed E-state index contributed by atoms with van der Waals surface area (Å²) in [4.78, 5) is 15.3. The summed E-state index contributed by atoms with van der Waals surface area (Å²) in [5.74, 6) is 0.251. The molecule has 0 aliphatic rings. The first kappa shape index (κ1) is 14.9. The van der Waals surface area contributed by atoms with E-state index in [9.17, 15) is 4.79 Å². The van der Waals surface area contributed by atoms with Crippen molar-refractivity contribution in [3.8, 4) is 0 Å². The Morgan fingerprint density at radius 3 is 2.50 bits per heavy atom. The van der Waals surface area contributed by atoms with Crippen LogP contribution in [0.1, 0.15) is 39.5 Å². The van der Waals surface area contributed by atoms with Gasteiger partial charge in [0.05, 0.1) is 12.9 Å². The minimum Gasteiger partial charge on any atom is -0.468 e. The number of nitrogens with two attached hydrogens (primary N) is 2. The standard InChI is InChI=1S/C11H23N3O2/c1-9(12)14-8-6-4-5-7-11(2,13)10(15)16-3/h4-8,13H2,1-3H3,(H2,12,14). The van der Waals surface area contributed by atoms with E-state index >= 15 is 0 Å². The number of aliphatic imine (C=N–C) groups is 1. The maximum atomic E-state index is 11.3. The highest BCUT2D eigenvalue weighted by atomic mass is 16.5. The second kappa shape index (κ2) is 7.22. The fourth-order valence-corrected chi connectivity index (χ4v) is 1.37. The van der Waals surface area contributed by atoms with Gasteiger partial charge >= 0.3 is 5.97 Å². The summed E-state index contributed by atoms with van der Waals surface area (Å²) >= 11 is 0. The zero-order valence-corrected chi connectivity index (χ0v) is 10.5. The number of rotatable bonds is 7. The molecule has 16 heavy (non-hydrogen) atoms. The van der Waals surface area contributed by atoms with E-state index in [2.05, 4.69) is 9.73 Å². The SMILES string of the molecule is COC(=O)C(C)(N)CCCCCN=C(C)N. The Kier molecular flexibility index (Phi) is 6.72. The Balaban J connectivity index is 3.66. The molecule has 0 aromatic rings. The number of ether oxygens (including phenoxy) is 1. The highest BCUT2D eigenvalue weighted by Crippen LogP contribution is 2.13. The van der Waals surface area contributed by atoms with Gasteiger partial charge in [-0.2, -0.15) is 0 Å². The molecule has 1 unspecified atom stereocenters. The van der Waals surface area contributed by atoms with Crippen molar-refractivity contribution in [3.63, 3.8) is 0 Å². The van der Waals surface area contributed by atoms with Gasteiger partial charge in [0, 0.05) is 6.54 Å². The molecule has 0 rings (SSSR count). The number of carbonyl (C=O) groups is 1. The molecular formula is C11H23N3O2. The van der Waals surface area contributed by atoms with Crippen molar-refractivity contribution in [1.29, 1.82) is 0 Å². The zero-order chi connectivity index (χ0) is 12.6. The Bertz CT molecular complexity index is 246. The van der Waals surface area contributed by atoms with E-state index in [0.29, 0.717) is 12.3 Å². The van der Waals surface area contributed by atoms with Gasteiger partial charge in [-0.1, -0.05) is 12.8 Å². The fourth-order valence-electron chi connectivity index (χ4n) is 1.37. The van der Waals surface area contributed by atoms with Gasteiger partial charge in [0.2, 0.25) is 0 Å². The lowest BCUT2D eigenvalue weighted by Crippen LogP contribution is -2.45. The van der Waals surface area contributed by atoms with Crippen molar-refractivity contribution < 1.29 is 9.53 Å². The van der Waals surface area contributed by atoms with Crippen molar-refractivity contribution in [2.45, 2.75) is 45.1 Å². The molecule has 0 aliphatic heterocycles. The normalized spacial score (nSPS) is 15.6. The van der Waals surface area contributed by atoms with Crippen LogP contribution in [-0.2, 0) is 9.53 Å². The highest BCUT2D eigenvalue weighted by molar-refractivity contribution is 5.79. The molecule has 0 radical (unpaired) electrons. The van der Waals surface area contributed by atoms with E-state index in [-0.39, 0.29) is 5.97 Å². The molecule has 0 amide bonds. The van der Waals surface area contributed by atoms with Crippen LogP contribution in [0, 0.1) is 0 Å². The molecule has 0 aliphatic carbocycles. The second-order valence-electron chi connectivity index (χ2n) is 4.24. The molecule has 0 aromatic heterocycles.